The number of aliphatic hydroxyl groups is 2. The van der Waals surface area contributed by atoms with Crippen LogP contribution in [0.2, 0.25) is 0 Å². The molecule has 2 aromatic rings. The van der Waals surface area contributed by atoms with Crippen LogP contribution in [-0.4, -0.2) is 16.4 Å². The zero-order valence-electron chi connectivity index (χ0n) is 13.9. The van der Waals surface area contributed by atoms with Gasteiger partial charge >= 0.3 is 12.4 Å². The van der Waals surface area contributed by atoms with Gasteiger partial charge in [0.15, 0.2) is 0 Å². The van der Waals surface area contributed by atoms with E-state index in [0.717, 1.165) is 31.2 Å². The van der Waals surface area contributed by atoms with Crippen molar-refractivity contribution in [2.45, 2.75) is 30.5 Å². The molecule has 2 nitrogen and oxygen atoms in total. The van der Waals surface area contributed by atoms with Gasteiger partial charge in [-0.3, -0.25) is 0 Å². The van der Waals surface area contributed by atoms with Gasteiger partial charge in [-0.15, -0.1) is 0 Å². The number of hydrogen-bond donors (Lipinski definition) is 2. The van der Waals surface area contributed by atoms with Crippen LogP contribution in [0.5, 0.6) is 0 Å². The van der Waals surface area contributed by atoms with Crippen LogP contribution >= 0.6 is 0 Å². The van der Waals surface area contributed by atoms with E-state index in [1.807, 2.05) is 5.92 Å². The molecule has 2 aromatic carbocycles. The van der Waals surface area contributed by atoms with Crippen molar-refractivity contribution < 1.29 is 36.6 Å². The highest BCUT2D eigenvalue weighted by atomic mass is 19.4. The third kappa shape index (κ3) is 4.43. The van der Waals surface area contributed by atoms with E-state index in [2.05, 4.69) is 0 Å². The molecule has 0 spiro atoms. The summed E-state index contributed by atoms with van der Waals surface area (Å²) in [6.07, 6.45) is -9.77. The number of alkyl halides is 6. The van der Waals surface area contributed by atoms with Gasteiger partial charge in [-0.2, -0.15) is 26.3 Å². The van der Waals surface area contributed by atoms with Crippen LogP contribution in [0.25, 0.3) is 0 Å². The molecule has 0 aliphatic heterocycles. The lowest BCUT2D eigenvalue weighted by atomic mass is 9.90. The van der Waals surface area contributed by atoms with Gasteiger partial charge in [-0.05, 0) is 24.6 Å². The lowest BCUT2D eigenvalue weighted by Crippen LogP contribution is -2.41. The summed E-state index contributed by atoms with van der Waals surface area (Å²) >= 11 is 0. The average molecular weight is 388 g/mol. The molecule has 27 heavy (non-hydrogen) atoms. The molecular weight excluding hydrogens is 374 g/mol. The topological polar surface area (TPSA) is 40.5 Å². The Kier molecular flexibility index (Phi) is 5.32. The summed E-state index contributed by atoms with van der Waals surface area (Å²) in [5.41, 5.74) is -7.46. The van der Waals surface area contributed by atoms with Gasteiger partial charge in [0.25, 0.3) is 0 Å². The minimum atomic E-state index is -5.17. The average Bonchev–Trinajstić information content (AvgIpc) is 2.59. The number of benzene rings is 2. The fourth-order valence-corrected chi connectivity index (χ4v) is 2.25. The smallest absolute Gasteiger partial charge is 0.374 e. The van der Waals surface area contributed by atoms with Gasteiger partial charge in [0.05, 0.1) is 5.56 Å². The maximum Gasteiger partial charge on any atom is 0.433 e. The molecule has 0 unspecified atom stereocenters. The Hall–Kier alpha value is -2.50. The van der Waals surface area contributed by atoms with Gasteiger partial charge in [0, 0.05) is 5.56 Å². The predicted molar refractivity (Wildman–Crippen MR) is 85.2 cm³/mol. The standard InChI is InChI=1S/C19H14F6O2/c1-16(26,13-7-9-15(10-8-13)18(20,21)22)11-12-17(27,19(23,24)25)14-5-3-2-4-6-14/h2-10,26-27H,1H3/t16-,17+/m0/s1. The molecule has 0 heterocycles. The lowest BCUT2D eigenvalue weighted by Gasteiger charge is -2.26. The fourth-order valence-electron chi connectivity index (χ4n) is 2.25. The summed E-state index contributed by atoms with van der Waals surface area (Å²) in [6, 6.07) is 9.23. The van der Waals surface area contributed by atoms with E-state index in [1.54, 1.807) is 5.92 Å². The van der Waals surface area contributed by atoms with E-state index in [9.17, 15) is 36.6 Å². The van der Waals surface area contributed by atoms with Gasteiger partial charge in [-0.1, -0.05) is 54.3 Å². The van der Waals surface area contributed by atoms with Crippen LogP contribution in [0.15, 0.2) is 54.6 Å². The van der Waals surface area contributed by atoms with Crippen molar-refractivity contribution in [2.24, 2.45) is 0 Å². The van der Waals surface area contributed by atoms with Crippen molar-refractivity contribution >= 4 is 0 Å². The zero-order valence-corrected chi connectivity index (χ0v) is 13.9. The molecule has 2 rings (SSSR count). The highest BCUT2D eigenvalue weighted by Gasteiger charge is 2.54. The summed E-state index contributed by atoms with van der Waals surface area (Å²) < 4.78 is 78.0. The molecule has 2 N–H and O–H groups in total. The first kappa shape index (κ1) is 20.8. The quantitative estimate of drug-likeness (QED) is 0.593. The molecule has 0 saturated carbocycles. The summed E-state index contributed by atoms with van der Waals surface area (Å²) in [6.45, 7) is 1.02. The molecule has 0 aliphatic rings. The molecule has 0 saturated heterocycles. The number of rotatable bonds is 2. The Morgan fingerprint density at radius 1 is 0.667 bits per heavy atom. The van der Waals surface area contributed by atoms with Gasteiger partial charge in [-0.25, -0.2) is 0 Å². The summed E-state index contributed by atoms with van der Waals surface area (Å²) in [5.74, 6) is 3.58. The third-order valence-electron chi connectivity index (χ3n) is 3.86. The van der Waals surface area contributed by atoms with Crippen molar-refractivity contribution in [1.29, 1.82) is 0 Å². The van der Waals surface area contributed by atoms with Gasteiger partial charge < -0.3 is 10.2 Å². The zero-order chi connectivity index (χ0) is 20.5. The van der Waals surface area contributed by atoms with E-state index in [1.165, 1.54) is 18.2 Å². The van der Waals surface area contributed by atoms with Crippen molar-refractivity contribution in [3.63, 3.8) is 0 Å². The molecule has 0 fully saturated rings. The second kappa shape index (κ2) is 6.91. The Balaban J connectivity index is 2.45. The summed E-state index contributed by atoms with van der Waals surface area (Å²) in [4.78, 5) is 0. The number of halogens is 6. The second-order valence-corrected chi connectivity index (χ2v) is 5.97. The molecular formula is C19H14F6O2. The minimum absolute atomic E-state index is 0.152. The third-order valence-corrected chi connectivity index (χ3v) is 3.86. The summed E-state index contributed by atoms with van der Waals surface area (Å²) in [7, 11) is 0. The normalized spacial score (nSPS) is 16.6. The Bertz CT molecular complexity index is 842. The van der Waals surface area contributed by atoms with Crippen molar-refractivity contribution in [3.8, 4) is 11.8 Å². The maximum absolute atomic E-state index is 13.4. The molecule has 2 atom stereocenters. The highest BCUT2D eigenvalue weighted by Crippen LogP contribution is 2.39. The molecule has 0 aliphatic carbocycles. The van der Waals surface area contributed by atoms with Crippen LogP contribution < -0.4 is 0 Å². The van der Waals surface area contributed by atoms with E-state index >= 15 is 0 Å². The molecule has 0 amide bonds. The molecule has 144 valence electrons. The van der Waals surface area contributed by atoms with Gasteiger partial charge in [0.1, 0.15) is 5.60 Å². The lowest BCUT2D eigenvalue weighted by molar-refractivity contribution is -0.240. The van der Waals surface area contributed by atoms with Crippen LogP contribution in [0.1, 0.15) is 23.6 Å². The first-order valence-electron chi connectivity index (χ1n) is 7.56. The highest BCUT2D eigenvalue weighted by molar-refractivity contribution is 5.39. The first-order chi connectivity index (χ1) is 12.3. The largest absolute Gasteiger partial charge is 0.433 e. The fraction of sp³-hybridized carbons (Fsp3) is 0.263. The van der Waals surface area contributed by atoms with Crippen molar-refractivity contribution in [1.82, 2.24) is 0 Å². The van der Waals surface area contributed by atoms with Crippen LogP contribution in [0, 0.1) is 11.8 Å². The molecule has 0 aromatic heterocycles. The summed E-state index contributed by atoms with van der Waals surface area (Å²) in [5, 5.41) is 20.4. The maximum atomic E-state index is 13.4. The minimum Gasteiger partial charge on any atom is -0.374 e. The van der Waals surface area contributed by atoms with E-state index in [0.29, 0.717) is 12.1 Å². The molecule has 0 radical (unpaired) electrons. The van der Waals surface area contributed by atoms with Crippen molar-refractivity contribution in [3.05, 3.63) is 71.3 Å². The Labute approximate surface area is 151 Å². The predicted octanol–water partition coefficient (Wildman–Crippen LogP) is 4.37. The first-order valence-corrected chi connectivity index (χ1v) is 7.56. The van der Waals surface area contributed by atoms with Crippen LogP contribution in [0.4, 0.5) is 26.3 Å². The Morgan fingerprint density at radius 3 is 1.59 bits per heavy atom. The van der Waals surface area contributed by atoms with Gasteiger partial charge in [0.2, 0.25) is 5.60 Å². The molecule has 8 heteroatoms. The van der Waals surface area contributed by atoms with E-state index in [-0.39, 0.29) is 5.56 Å². The van der Waals surface area contributed by atoms with Crippen LogP contribution in [-0.2, 0) is 17.4 Å². The van der Waals surface area contributed by atoms with E-state index in [4.69, 9.17) is 0 Å². The Morgan fingerprint density at radius 2 is 1.15 bits per heavy atom. The monoisotopic (exact) mass is 388 g/mol. The number of hydrogen-bond acceptors (Lipinski definition) is 2. The van der Waals surface area contributed by atoms with E-state index < -0.39 is 34.7 Å². The SMILES string of the molecule is C[C@](O)(C#C[C@@](O)(c1ccccc1)C(F)(F)F)c1ccc(C(F)(F)F)cc1. The second-order valence-electron chi connectivity index (χ2n) is 5.97. The van der Waals surface area contributed by atoms with Crippen LogP contribution in [0.3, 0.4) is 0 Å². The molecule has 0 bridgehead atoms. The van der Waals surface area contributed by atoms with Crippen molar-refractivity contribution in [2.75, 3.05) is 0 Å².